The van der Waals surface area contributed by atoms with E-state index in [9.17, 15) is 60.7 Å². The second-order valence-electron chi connectivity index (χ2n) is 6.98. The molecule has 0 aromatic rings. The lowest BCUT2D eigenvalue weighted by atomic mass is 8.86. The van der Waals surface area contributed by atoms with Crippen LogP contribution < -0.4 is 0 Å². The summed E-state index contributed by atoms with van der Waals surface area (Å²) in [5, 5.41) is 69.7. The van der Waals surface area contributed by atoms with Crippen LogP contribution in [-0.2, 0) is 0 Å². The van der Waals surface area contributed by atoms with E-state index in [1.165, 1.54) is 0 Å². The van der Waals surface area contributed by atoms with Crippen molar-refractivity contribution in [1.29, 1.82) is 0 Å². The van der Waals surface area contributed by atoms with Crippen LogP contribution in [0.5, 0.6) is 0 Å². The Morgan fingerprint density at radius 1 is 0.423 bits per heavy atom. The zero-order valence-corrected chi connectivity index (χ0v) is 11.7. The van der Waals surface area contributed by atoms with Crippen LogP contribution in [0.4, 0.5) is 0 Å². The summed E-state index contributed by atoms with van der Waals surface area (Å²) in [6.07, 6.45) is 0. The van der Waals surface area contributed by atoms with Gasteiger partial charge in [-0.15, -0.1) is 0 Å². The summed E-state index contributed by atoms with van der Waals surface area (Å²) < 4.78 is 0. The monoisotopic (exact) mass is 374 g/mol. The average Bonchev–Trinajstić information content (AvgIpc) is 2.49. The first-order valence-electron chi connectivity index (χ1n) is 6.77. The number of rotatable bonds is 6. The summed E-state index contributed by atoms with van der Waals surface area (Å²) in [7, 11) is 0. The van der Waals surface area contributed by atoms with Crippen LogP contribution in [0.2, 0.25) is 0 Å². The molecule has 0 amide bonds. The van der Waals surface area contributed by atoms with Crippen LogP contribution in [0.1, 0.15) is 0 Å². The molecule has 0 heterocycles. The van der Waals surface area contributed by atoms with Crippen molar-refractivity contribution in [2.24, 2.45) is 11.8 Å². The van der Waals surface area contributed by atoms with E-state index in [1.807, 2.05) is 0 Å². The summed E-state index contributed by atoms with van der Waals surface area (Å²) in [5.41, 5.74) is -20.2. The Kier molecular flexibility index (Phi) is 1.58. The highest BCUT2D eigenvalue weighted by Gasteiger charge is 3.62. The Labute approximate surface area is 136 Å². The molecule has 0 radical (unpaired) electrons. The number of hydrogen-bond donors (Lipinski definition) is 0. The molecule has 6 rings (SSSR count). The first-order chi connectivity index (χ1) is 11.9. The summed E-state index contributed by atoms with van der Waals surface area (Å²) in [6, 6.07) is 0. The van der Waals surface area contributed by atoms with Crippen LogP contribution in [0.25, 0.3) is 0 Å². The zero-order chi connectivity index (χ0) is 19.6. The topological polar surface area (TPSA) is 259 Å². The molecule has 0 aliphatic heterocycles. The fourth-order valence-electron chi connectivity index (χ4n) is 8.09. The largest absolute Gasteiger partial charge is 0.457 e. The third kappa shape index (κ3) is 0.504. The van der Waals surface area contributed by atoms with E-state index in [0.717, 1.165) is 0 Å². The summed E-state index contributed by atoms with van der Waals surface area (Å²) in [4.78, 5) is 60.6. The Morgan fingerprint density at radius 3 is 0.731 bits per heavy atom. The van der Waals surface area contributed by atoms with Gasteiger partial charge in [-0.05, 0) is 0 Å². The molecule has 0 bridgehead atoms. The average molecular weight is 374 g/mol. The maximum absolute atomic E-state index is 11.7. The van der Waals surface area contributed by atoms with Crippen molar-refractivity contribution < 1.29 is 29.5 Å². The molecule has 0 saturated heterocycles. The minimum absolute atomic E-state index is 1.47. The summed E-state index contributed by atoms with van der Waals surface area (Å²) in [6.45, 7) is 0. The van der Waals surface area contributed by atoms with Gasteiger partial charge in [0.25, 0.3) is 0 Å². The molecule has 136 valence electrons. The molecule has 6 aliphatic carbocycles. The smallest absolute Gasteiger partial charge is 0.263 e. The third-order valence-corrected chi connectivity index (χ3v) is 7.73. The Balaban J connectivity index is 1.97. The molecular weight excluding hydrogens is 372 g/mol. The maximum Gasteiger partial charge on any atom is 0.457 e. The van der Waals surface area contributed by atoms with E-state index < -0.39 is 74.6 Å². The minimum Gasteiger partial charge on any atom is -0.263 e. The van der Waals surface area contributed by atoms with Gasteiger partial charge < -0.3 is 0 Å². The molecule has 18 nitrogen and oxygen atoms in total. The van der Waals surface area contributed by atoms with Gasteiger partial charge in [0, 0.05) is 19.7 Å². The fourth-order valence-corrected chi connectivity index (χ4v) is 8.09. The SMILES string of the molecule is O=[N+]([O-])C12C3C4C1([N+](=O)[O-])C1([N+](=O)[O-])C4([N+](=O)[O-])C3([N+](=O)[O-])C21[N+](=O)[O-]. The molecule has 18 heteroatoms. The Hall–Kier alpha value is -3.60. The van der Waals surface area contributed by atoms with Gasteiger partial charge in [-0.3, -0.25) is 60.7 Å². The first kappa shape index (κ1) is 14.7. The zero-order valence-electron chi connectivity index (χ0n) is 11.7. The molecule has 6 aliphatic rings. The van der Waals surface area contributed by atoms with Crippen molar-refractivity contribution in [1.82, 2.24) is 0 Å². The molecule has 0 aromatic carbocycles. The lowest BCUT2D eigenvalue weighted by molar-refractivity contribution is -1.10. The third-order valence-electron chi connectivity index (χ3n) is 7.73. The van der Waals surface area contributed by atoms with Gasteiger partial charge in [0.2, 0.25) is 0 Å². The molecule has 26 heavy (non-hydrogen) atoms. The van der Waals surface area contributed by atoms with Crippen molar-refractivity contribution in [3.05, 3.63) is 60.7 Å². The second-order valence-corrected chi connectivity index (χ2v) is 6.98. The lowest BCUT2D eigenvalue weighted by Gasteiger charge is -2.96. The van der Waals surface area contributed by atoms with Crippen LogP contribution in [-0.4, -0.2) is 62.8 Å². The van der Waals surface area contributed by atoms with Gasteiger partial charge in [-0.1, -0.05) is 0 Å². The van der Waals surface area contributed by atoms with E-state index in [1.54, 1.807) is 0 Å². The van der Waals surface area contributed by atoms with Gasteiger partial charge >= 0.3 is 33.2 Å². The Morgan fingerprint density at radius 2 is 0.615 bits per heavy atom. The van der Waals surface area contributed by atoms with Gasteiger partial charge in [-0.2, -0.15) is 0 Å². The molecule has 0 N–H and O–H groups in total. The van der Waals surface area contributed by atoms with E-state index >= 15 is 0 Å². The molecule has 6 saturated carbocycles. The first-order valence-corrected chi connectivity index (χ1v) is 6.77. The van der Waals surface area contributed by atoms with Crippen molar-refractivity contribution in [2.45, 2.75) is 33.2 Å². The molecule has 0 aromatic heterocycles. The molecule has 4 atom stereocenters. The van der Waals surface area contributed by atoms with E-state index in [2.05, 4.69) is 0 Å². The van der Waals surface area contributed by atoms with Crippen LogP contribution in [0.3, 0.4) is 0 Å². The van der Waals surface area contributed by atoms with Gasteiger partial charge in [0.15, 0.2) is 0 Å². The van der Waals surface area contributed by atoms with Crippen molar-refractivity contribution in [3.8, 4) is 0 Å². The molecule has 6 fully saturated rings. The van der Waals surface area contributed by atoms with Crippen LogP contribution in [0.15, 0.2) is 0 Å². The standard InChI is InChI=1S/C8H2N6O12/c15-9(16)3-1-2-5(3,11(19)20)8(14(25)26)6(2,12(21)22)4(1,10(17)18)7(3,8)13(23)24/h1-2H. The predicted octanol–water partition coefficient (Wildman–Crippen LogP) is -2.62. The van der Waals surface area contributed by atoms with Crippen LogP contribution >= 0.6 is 0 Å². The van der Waals surface area contributed by atoms with Gasteiger partial charge in [-0.25, -0.2) is 0 Å². The quantitative estimate of drug-likeness (QED) is 0.341. The van der Waals surface area contributed by atoms with E-state index in [0.29, 0.717) is 0 Å². The van der Waals surface area contributed by atoms with Crippen LogP contribution in [0, 0.1) is 72.5 Å². The Bertz CT molecular complexity index is 858. The fraction of sp³-hybridized carbons (Fsp3) is 1.00. The summed E-state index contributed by atoms with van der Waals surface area (Å²) in [5.74, 6) is -3.97. The normalized spacial score (nSPS) is 57.7. The number of hydrogen-bond acceptors (Lipinski definition) is 12. The van der Waals surface area contributed by atoms with Crippen molar-refractivity contribution in [3.63, 3.8) is 0 Å². The highest BCUT2D eigenvalue weighted by Crippen LogP contribution is 3.11. The summed E-state index contributed by atoms with van der Waals surface area (Å²) >= 11 is 0. The predicted molar refractivity (Wildman–Crippen MR) is 65.3 cm³/mol. The van der Waals surface area contributed by atoms with E-state index in [-0.39, 0.29) is 0 Å². The highest BCUT2D eigenvalue weighted by molar-refractivity contribution is 5.83. The molecular formula is C8H2N6O12. The van der Waals surface area contributed by atoms with Gasteiger partial charge in [0.1, 0.15) is 11.8 Å². The maximum atomic E-state index is 11.7. The highest BCUT2D eigenvalue weighted by atomic mass is 16.7. The lowest BCUT2D eigenvalue weighted by Crippen LogP contribution is -3.45. The minimum atomic E-state index is -3.65. The van der Waals surface area contributed by atoms with Crippen molar-refractivity contribution >= 4 is 0 Å². The van der Waals surface area contributed by atoms with Gasteiger partial charge in [0.05, 0.1) is 9.85 Å². The molecule has 4 unspecified atom stereocenters. The number of nitro groups is 6. The van der Waals surface area contributed by atoms with E-state index in [4.69, 9.17) is 0 Å². The second kappa shape index (κ2) is 2.80. The van der Waals surface area contributed by atoms with Crippen molar-refractivity contribution in [2.75, 3.05) is 0 Å². The molecule has 0 spiro atoms. The number of nitrogens with zero attached hydrogens (tertiary/aromatic N) is 6.